The molecule has 0 saturated heterocycles. The summed E-state index contributed by atoms with van der Waals surface area (Å²) in [5.41, 5.74) is -16.4. The summed E-state index contributed by atoms with van der Waals surface area (Å²) < 4.78 is 124. The van der Waals surface area contributed by atoms with Gasteiger partial charge in [0, 0.05) is 29.3 Å². The average Bonchev–Trinajstić information content (AvgIpc) is 3.94. The number of nitrogens with zero attached hydrogens (tertiary/aromatic N) is 4. The monoisotopic (exact) mass is 990 g/mol. The predicted octanol–water partition coefficient (Wildman–Crippen LogP) is 9.74. The highest BCUT2D eigenvalue weighted by Gasteiger charge is 2.61. The quantitative estimate of drug-likeness (QED) is 0.108. The Morgan fingerprint density at radius 3 is 1.06 bits per heavy atom. The molecule has 0 unspecified atom stereocenters. The Kier molecular flexibility index (Phi) is 10.2. The number of alkyl halides is 8. The first kappa shape index (κ1) is 47.0. The lowest BCUT2D eigenvalue weighted by molar-refractivity contribution is -0.219. The summed E-state index contributed by atoms with van der Waals surface area (Å²) in [6, 6.07) is 17.5. The normalized spacial score (nSPS) is 17.2. The van der Waals surface area contributed by atoms with Crippen molar-refractivity contribution in [3.63, 3.8) is 0 Å². The van der Waals surface area contributed by atoms with E-state index in [1.54, 1.807) is 13.0 Å². The van der Waals surface area contributed by atoms with E-state index in [9.17, 15) is 51.5 Å². The minimum absolute atomic E-state index is 0.160. The van der Waals surface area contributed by atoms with Crippen LogP contribution in [0, 0.1) is 6.92 Å². The Morgan fingerprint density at radius 2 is 0.694 bits per heavy atom. The summed E-state index contributed by atoms with van der Waals surface area (Å²) in [7, 11) is 1.09. The van der Waals surface area contributed by atoms with Gasteiger partial charge in [-0.15, -0.1) is 0 Å². The molecule has 0 aliphatic carbocycles. The number of halogens is 8. The van der Waals surface area contributed by atoms with Crippen molar-refractivity contribution in [2.75, 3.05) is 21.7 Å². The van der Waals surface area contributed by atoms with Gasteiger partial charge in [-0.3, -0.25) is 43.3 Å². The van der Waals surface area contributed by atoms with Crippen LogP contribution in [0.3, 0.4) is 0 Å². The molecule has 0 bridgehead atoms. The van der Waals surface area contributed by atoms with Gasteiger partial charge >= 0.3 is 12.4 Å². The molecular weight excluding hydrogens is 961 g/mol. The van der Waals surface area contributed by atoms with Crippen LogP contribution >= 0.6 is 0 Å². The number of carbonyl (C=O) groups excluding carboxylic acids is 8. The Hall–Kier alpha value is -8.68. The zero-order chi connectivity index (χ0) is 51.9. The van der Waals surface area contributed by atoms with Gasteiger partial charge in [0.25, 0.3) is 58.6 Å². The van der Waals surface area contributed by atoms with E-state index in [1.807, 2.05) is 13.0 Å². The number of anilines is 3. The van der Waals surface area contributed by atoms with E-state index >= 15 is 22.0 Å². The largest absolute Gasteiger partial charge is 0.431 e. The molecule has 20 heteroatoms. The molecule has 10 rings (SSSR count). The number of hydrogen-bond acceptors (Lipinski definition) is 8. The number of aryl methyl sites for hydroxylation is 2. The van der Waals surface area contributed by atoms with Crippen molar-refractivity contribution < 1.29 is 73.5 Å². The molecule has 6 aromatic rings. The van der Waals surface area contributed by atoms with Gasteiger partial charge in [0.15, 0.2) is 0 Å². The smallest absolute Gasteiger partial charge is 0.277 e. The molecule has 4 heterocycles. The minimum atomic E-state index is -5.76. The lowest BCUT2D eigenvalue weighted by Gasteiger charge is -2.29. The second-order valence-electron chi connectivity index (χ2n) is 17.4. The van der Waals surface area contributed by atoms with E-state index in [2.05, 4.69) is 0 Å². The molecule has 72 heavy (non-hydrogen) atoms. The van der Waals surface area contributed by atoms with Crippen LogP contribution in [0.2, 0.25) is 0 Å². The third kappa shape index (κ3) is 6.50. The first-order chi connectivity index (χ1) is 33.8. The lowest BCUT2D eigenvalue weighted by atomic mass is 9.84. The van der Waals surface area contributed by atoms with Gasteiger partial charge in [-0.1, -0.05) is 43.3 Å². The molecule has 0 aromatic heterocycles. The van der Waals surface area contributed by atoms with Crippen LogP contribution in [0.25, 0.3) is 0 Å². The molecule has 0 radical (unpaired) electrons. The number of imide groups is 4. The van der Waals surface area contributed by atoms with Crippen molar-refractivity contribution in [2.24, 2.45) is 0 Å². The van der Waals surface area contributed by atoms with E-state index in [0.717, 1.165) is 60.0 Å². The highest BCUT2D eigenvalue weighted by Crippen LogP contribution is 2.51. The zero-order valence-electron chi connectivity index (χ0n) is 37.3. The van der Waals surface area contributed by atoms with E-state index in [-0.39, 0.29) is 28.2 Å². The summed E-state index contributed by atoms with van der Waals surface area (Å²) in [6.07, 6.45) is -11.0. The standard InChI is InChI=1S/C52H30F8N4O8/c1-4-25-16-24(2)17-32(18-25)64-45(69)36-15-11-29(22-40(36)48(64)72)50(54,52(58,59)60)28-10-14-35-39(21-28)47(71)63(44(35)68)31-7-5-6-30(23-31)62-43(67)34-13-9-27(20-38(34)46(62)70)49(53,51(55,56)57)26-8-12-33-37(19-26)42(66)61(3)41(33)65/h5-23H,4H2,1-3H3/t49-,50-/m0/s1. The van der Waals surface area contributed by atoms with E-state index in [1.165, 1.54) is 12.1 Å². The van der Waals surface area contributed by atoms with Gasteiger partial charge in [-0.05, 0) is 103 Å². The Balaban J connectivity index is 0.952. The topological polar surface area (TPSA) is 150 Å². The summed E-state index contributed by atoms with van der Waals surface area (Å²) in [5, 5.41) is 0. The van der Waals surface area contributed by atoms with Crippen LogP contribution in [0.4, 0.5) is 52.2 Å². The van der Waals surface area contributed by atoms with Gasteiger partial charge in [0.1, 0.15) is 0 Å². The van der Waals surface area contributed by atoms with Crippen molar-refractivity contribution in [1.82, 2.24) is 4.90 Å². The molecule has 0 spiro atoms. The summed E-state index contributed by atoms with van der Waals surface area (Å²) in [4.78, 5) is 110. The second-order valence-corrected chi connectivity index (χ2v) is 17.4. The molecule has 0 saturated carbocycles. The lowest BCUT2D eigenvalue weighted by Crippen LogP contribution is -2.39. The molecule has 4 aliphatic rings. The SMILES string of the molecule is CCc1cc(C)cc(N2C(=O)c3ccc([C@@](F)(c4ccc5c(c4)C(=O)N(c4cccc(N6C(=O)c7ccc([C@@](F)(c8ccc9c(c8)C(=O)N(C)C9=O)C(F)(F)F)cc7C6=O)c4)C5=O)C(F)(F)F)cc3C2=O)c1. The van der Waals surface area contributed by atoms with Gasteiger partial charge < -0.3 is 0 Å². The average molecular weight is 991 g/mol. The molecule has 362 valence electrons. The minimum Gasteiger partial charge on any atom is -0.277 e. The number of benzene rings is 6. The van der Waals surface area contributed by atoms with Crippen molar-refractivity contribution in [2.45, 2.75) is 44.0 Å². The molecule has 4 aliphatic heterocycles. The fraction of sp³-hybridized carbons (Fsp3) is 0.154. The molecule has 0 fully saturated rings. The number of carbonyl (C=O) groups is 8. The molecule has 2 atom stereocenters. The van der Waals surface area contributed by atoms with Crippen molar-refractivity contribution in [1.29, 1.82) is 0 Å². The van der Waals surface area contributed by atoms with Gasteiger partial charge in [-0.2, -0.15) is 26.3 Å². The van der Waals surface area contributed by atoms with Crippen LogP contribution in [-0.4, -0.2) is 71.6 Å². The number of amides is 8. The summed E-state index contributed by atoms with van der Waals surface area (Å²) in [6.45, 7) is 3.56. The first-order valence-corrected chi connectivity index (χ1v) is 21.6. The second kappa shape index (κ2) is 15.7. The highest BCUT2D eigenvalue weighted by atomic mass is 19.4. The van der Waals surface area contributed by atoms with E-state index in [0.29, 0.717) is 75.2 Å². The third-order valence-electron chi connectivity index (χ3n) is 13.3. The Morgan fingerprint density at radius 1 is 0.375 bits per heavy atom. The van der Waals surface area contributed by atoms with E-state index in [4.69, 9.17) is 0 Å². The van der Waals surface area contributed by atoms with Crippen LogP contribution in [0.5, 0.6) is 0 Å². The van der Waals surface area contributed by atoms with Crippen LogP contribution < -0.4 is 14.7 Å². The molecular formula is C52H30F8N4O8. The maximum absolute atomic E-state index is 17.2. The van der Waals surface area contributed by atoms with Crippen molar-refractivity contribution >= 4 is 64.3 Å². The maximum atomic E-state index is 17.2. The van der Waals surface area contributed by atoms with Gasteiger partial charge in [-0.25, -0.2) is 23.5 Å². The van der Waals surface area contributed by atoms with Crippen LogP contribution in [0.15, 0.2) is 115 Å². The van der Waals surface area contributed by atoms with Crippen LogP contribution in [0.1, 0.15) is 123 Å². The fourth-order valence-corrected chi connectivity index (χ4v) is 9.58. The maximum Gasteiger partial charge on any atom is 0.431 e. The van der Waals surface area contributed by atoms with Crippen molar-refractivity contribution in [3.05, 3.63) is 193 Å². The van der Waals surface area contributed by atoms with Gasteiger partial charge in [0.05, 0.1) is 61.6 Å². The van der Waals surface area contributed by atoms with Gasteiger partial charge in [0.2, 0.25) is 0 Å². The zero-order valence-corrected chi connectivity index (χ0v) is 37.3. The molecule has 12 nitrogen and oxygen atoms in total. The predicted molar refractivity (Wildman–Crippen MR) is 238 cm³/mol. The summed E-state index contributed by atoms with van der Waals surface area (Å²) >= 11 is 0. The Bertz CT molecular complexity index is 3550. The Labute approximate surface area is 400 Å². The molecule has 0 N–H and O–H groups in total. The number of hydrogen-bond donors (Lipinski definition) is 0. The first-order valence-electron chi connectivity index (χ1n) is 21.6. The van der Waals surface area contributed by atoms with Crippen molar-refractivity contribution in [3.8, 4) is 0 Å². The highest BCUT2D eigenvalue weighted by molar-refractivity contribution is 6.37. The fourth-order valence-electron chi connectivity index (χ4n) is 9.58. The number of fused-ring (bicyclic) bond motifs is 4. The number of rotatable bonds is 8. The van der Waals surface area contributed by atoms with E-state index < -0.39 is 127 Å². The molecule has 6 aromatic carbocycles. The molecule has 8 amide bonds. The third-order valence-corrected chi connectivity index (χ3v) is 13.3. The summed E-state index contributed by atoms with van der Waals surface area (Å²) in [5.74, 6) is -8.43. The van der Waals surface area contributed by atoms with Crippen LogP contribution in [-0.2, 0) is 17.8 Å².